The van der Waals surface area contributed by atoms with Crippen LogP contribution in [0, 0.1) is 22.9 Å². The highest BCUT2D eigenvalue weighted by atomic mass is 32.2. The number of fused-ring (bicyclic) bond motifs is 1. The molecule has 0 radical (unpaired) electrons. The number of para-hydroxylation sites is 1. The number of nitrogens with zero attached hydrogens (tertiary/aromatic N) is 1. The summed E-state index contributed by atoms with van der Waals surface area (Å²) in [5, 5.41) is 14.8. The van der Waals surface area contributed by atoms with E-state index < -0.39 is 26.3 Å². The smallest absolute Gasteiger partial charge is 0.310 e. The summed E-state index contributed by atoms with van der Waals surface area (Å²) in [6.45, 7) is 1.83. The molecule has 0 aliphatic heterocycles. The SMILES string of the molecule is Cc1c(CNc2cccc(S(C)(=O)=O)c2[N+](=O)[O-])oc2ccc(F)cc12. The highest BCUT2D eigenvalue weighted by Gasteiger charge is 2.26. The second kappa shape index (κ2) is 6.41. The van der Waals surface area contributed by atoms with Crippen molar-refractivity contribution >= 4 is 32.2 Å². The summed E-state index contributed by atoms with van der Waals surface area (Å²) in [4.78, 5) is 10.3. The Morgan fingerprint density at radius 1 is 1.27 bits per heavy atom. The predicted octanol–water partition coefficient (Wildman–Crippen LogP) is 3.80. The Bertz CT molecular complexity index is 1120. The number of nitro benzene ring substituents is 1. The van der Waals surface area contributed by atoms with E-state index in [-0.39, 0.29) is 17.1 Å². The van der Waals surface area contributed by atoms with Gasteiger partial charge in [0.2, 0.25) is 0 Å². The van der Waals surface area contributed by atoms with Crippen LogP contribution in [0.25, 0.3) is 11.0 Å². The zero-order chi connectivity index (χ0) is 19.1. The summed E-state index contributed by atoms with van der Waals surface area (Å²) < 4.78 is 42.6. The number of aryl methyl sites for hydroxylation is 1. The number of benzene rings is 2. The van der Waals surface area contributed by atoms with Crippen LogP contribution in [0.2, 0.25) is 0 Å². The molecule has 0 saturated carbocycles. The fourth-order valence-electron chi connectivity index (χ4n) is 2.74. The molecule has 1 heterocycles. The highest BCUT2D eigenvalue weighted by Crippen LogP contribution is 2.33. The number of furan rings is 1. The third kappa shape index (κ3) is 3.25. The van der Waals surface area contributed by atoms with E-state index in [9.17, 15) is 22.9 Å². The van der Waals surface area contributed by atoms with E-state index in [2.05, 4.69) is 5.32 Å². The molecular weight excluding hydrogens is 363 g/mol. The van der Waals surface area contributed by atoms with Gasteiger partial charge in [-0.3, -0.25) is 10.1 Å². The van der Waals surface area contributed by atoms with E-state index in [1.54, 1.807) is 6.92 Å². The maximum absolute atomic E-state index is 13.4. The van der Waals surface area contributed by atoms with Gasteiger partial charge in [-0.15, -0.1) is 0 Å². The summed E-state index contributed by atoms with van der Waals surface area (Å²) in [6.07, 6.45) is 0.914. The standard InChI is InChI=1S/C17H15FN2O5S/c1-10-12-8-11(18)6-7-14(12)25-15(10)9-19-13-4-3-5-16(26(2,23)24)17(13)20(21)22/h3-8,19H,9H2,1-2H3. The number of sulfone groups is 1. The van der Waals surface area contributed by atoms with Crippen molar-refractivity contribution in [1.29, 1.82) is 0 Å². The first-order valence-corrected chi connectivity index (χ1v) is 9.46. The summed E-state index contributed by atoms with van der Waals surface area (Å²) in [6, 6.07) is 8.17. The van der Waals surface area contributed by atoms with Crippen molar-refractivity contribution in [2.45, 2.75) is 18.4 Å². The lowest BCUT2D eigenvalue weighted by Gasteiger charge is -2.09. The minimum atomic E-state index is -3.76. The molecule has 136 valence electrons. The van der Waals surface area contributed by atoms with Crippen LogP contribution >= 0.6 is 0 Å². The van der Waals surface area contributed by atoms with Crippen molar-refractivity contribution in [3.8, 4) is 0 Å². The van der Waals surface area contributed by atoms with Crippen LogP contribution in [0.4, 0.5) is 15.8 Å². The lowest BCUT2D eigenvalue weighted by Crippen LogP contribution is -2.07. The largest absolute Gasteiger partial charge is 0.459 e. The van der Waals surface area contributed by atoms with E-state index in [1.807, 2.05) is 0 Å². The third-order valence-electron chi connectivity index (χ3n) is 4.02. The van der Waals surface area contributed by atoms with Crippen LogP contribution in [0.15, 0.2) is 45.7 Å². The molecule has 1 aromatic heterocycles. The molecule has 0 spiro atoms. The Labute approximate surface area is 148 Å². The van der Waals surface area contributed by atoms with Crippen LogP contribution < -0.4 is 5.32 Å². The van der Waals surface area contributed by atoms with E-state index in [0.29, 0.717) is 22.3 Å². The first-order valence-electron chi connectivity index (χ1n) is 7.57. The molecule has 0 aliphatic rings. The monoisotopic (exact) mass is 378 g/mol. The molecule has 0 amide bonds. The van der Waals surface area contributed by atoms with Gasteiger partial charge in [0, 0.05) is 17.2 Å². The number of rotatable bonds is 5. The average molecular weight is 378 g/mol. The van der Waals surface area contributed by atoms with E-state index >= 15 is 0 Å². The number of anilines is 1. The zero-order valence-corrected chi connectivity index (χ0v) is 14.8. The molecule has 0 atom stereocenters. The first kappa shape index (κ1) is 17.9. The summed E-state index contributed by atoms with van der Waals surface area (Å²) in [5.74, 6) is 0.0852. The number of hydrogen-bond donors (Lipinski definition) is 1. The van der Waals surface area contributed by atoms with Crippen LogP contribution in [0.5, 0.6) is 0 Å². The molecule has 7 nitrogen and oxygen atoms in total. The Morgan fingerprint density at radius 3 is 2.65 bits per heavy atom. The first-order chi connectivity index (χ1) is 12.2. The second-order valence-corrected chi connectivity index (χ2v) is 7.81. The summed E-state index contributed by atoms with van der Waals surface area (Å²) >= 11 is 0. The van der Waals surface area contributed by atoms with Crippen LogP contribution in [-0.4, -0.2) is 19.6 Å². The number of nitrogens with one attached hydrogen (secondary N) is 1. The molecule has 0 saturated heterocycles. The van der Waals surface area contributed by atoms with E-state index in [1.165, 1.54) is 36.4 Å². The van der Waals surface area contributed by atoms with Gasteiger partial charge in [-0.25, -0.2) is 12.8 Å². The van der Waals surface area contributed by atoms with Gasteiger partial charge in [-0.1, -0.05) is 6.07 Å². The number of nitro groups is 1. The van der Waals surface area contributed by atoms with Gasteiger partial charge < -0.3 is 9.73 Å². The quantitative estimate of drug-likeness (QED) is 0.535. The Hall–Kier alpha value is -2.94. The van der Waals surface area contributed by atoms with Gasteiger partial charge in [-0.2, -0.15) is 0 Å². The van der Waals surface area contributed by atoms with Crippen molar-refractivity contribution in [3.05, 3.63) is 63.7 Å². The van der Waals surface area contributed by atoms with Crippen molar-refractivity contribution in [3.63, 3.8) is 0 Å². The Morgan fingerprint density at radius 2 is 2.00 bits per heavy atom. The molecule has 0 unspecified atom stereocenters. The van der Waals surface area contributed by atoms with Crippen LogP contribution in [0.3, 0.4) is 0 Å². The minimum absolute atomic E-state index is 0.0592. The van der Waals surface area contributed by atoms with Crippen molar-refractivity contribution in [2.75, 3.05) is 11.6 Å². The molecule has 0 fully saturated rings. The van der Waals surface area contributed by atoms with Crippen LogP contribution in [0.1, 0.15) is 11.3 Å². The van der Waals surface area contributed by atoms with Gasteiger partial charge in [0.25, 0.3) is 0 Å². The van der Waals surface area contributed by atoms with Gasteiger partial charge in [0.15, 0.2) is 9.84 Å². The molecule has 1 N–H and O–H groups in total. The zero-order valence-electron chi connectivity index (χ0n) is 13.9. The van der Waals surface area contributed by atoms with Gasteiger partial charge >= 0.3 is 5.69 Å². The summed E-state index contributed by atoms with van der Waals surface area (Å²) in [7, 11) is -3.76. The lowest BCUT2D eigenvalue weighted by atomic mass is 10.1. The number of hydrogen-bond acceptors (Lipinski definition) is 6. The van der Waals surface area contributed by atoms with Crippen molar-refractivity contribution < 1.29 is 22.1 Å². The summed E-state index contributed by atoms with van der Waals surface area (Å²) in [5.41, 5.74) is 0.743. The average Bonchev–Trinajstić information content (AvgIpc) is 2.87. The van der Waals surface area contributed by atoms with Crippen molar-refractivity contribution in [2.24, 2.45) is 0 Å². The molecule has 0 bridgehead atoms. The fourth-order valence-corrected chi connectivity index (χ4v) is 3.60. The Balaban J connectivity index is 1.98. The molecular formula is C17H15FN2O5S. The fraction of sp³-hybridized carbons (Fsp3) is 0.176. The molecule has 26 heavy (non-hydrogen) atoms. The minimum Gasteiger partial charge on any atom is -0.459 e. The van der Waals surface area contributed by atoms with Crippen LogP contribution in [-0.2, 0) is 16.4 Å². The lowest BCUT2D eigenvalue weighted by molar-refractivity contribution is -0.386. The topological polar surface area (TPSA) is 102 Å². The predicted molar refractivity (Wildman–Crippen MR) is 94.4 cm³/mol. The second-order valence-electron chi connectivity index (χ2n) is 5.83. The highest BCUT2D eigenvalue weighted by molar-refractivity contribution is 7.90. The van der Waals surface area contributed by atoms with Gasteiger partial charge in [0.05, 0.1) is 11.5 Å². The third-order valence-corrected chi connectivity index (χ3v) is 5.15. The van der Waals surface area contributed by atoms with Gasteiger partial charge in [-0.05, 0) is 37.3 Å². The molecule has 3 aromatic rings. The normalized spacial score (nSPS) is 11.7. The maximum Gasteiger partial charge on any atom is 0.310 e. The van der Waals surface area contributed by atoms with E-state index in [4.69, 9.17) is 4.42 Å². The molecule has 9 heteroatoms. The van der Waals surface area contributed by atoms with Crippen molar-refractivity contribution in [1.82, 2.24) is 0 Å². The Kier molecular flexibility index (Phi) is 4.41. The molecule has 2 aromatic carbocycles. The molecule has 3 rings (SSSR count). The van der Waals surface area contributed by atoms with E-state index in [0.717, 1.165) is 6.26 Å². The van der Waals surface area contributed by atoms with Gasteiger partial charge in [0.1, 0.15) is 27.7 Å². The number of halogens is 1. The maximum atomic E-state index is 13.4. The molecule has 0 aliphatic carbocycles.